The van der Waals surface area contributed by atoms with Crippen LogP contribution in [-0.4, -0.2) is 46.0 Å². The molecule has 0 bridgehead atoms. The SMILES string of the molecule is CCOc1cc(CNc2ccc(N3CCOCC3)c(C(=O)OC)c2)ccc1OCc1ccc(Cl)cc1. The summed E-state index contributed by atoms with van der Waals surface area (Å²) in [5.41, 5.74) is 4.26. The van der Waals surface area contributed by atoms with Crippen molar-refractivity contribution in [3.8, 4) is 11.5 Å². The molecule has 7 nitrogen and oxygen atoms in total. The van der Waals surface area contributed by atoms with E-state index in [4.69, 9.17) is 30.5 Å². The van der Waals surface area contributed by atoms with Crippen LogP contribution in [0.15, 0.2) is 60.7 Å². The average Bonchev–Trinajstić information content (AvgIpc) is 2.92. The van der Waals surface area contributed by atoms with Gasteiger partial charge in [0.15, 0.2) is 11.5 Å². The van der Waals surface area contributed by atoms with Crippen molar-refractivity contribution in [2.24, 2.45) is 0 Å². The van der Waals surface area contributed by atoms with Gasteiger partial charge in [0, 0.05) is 30.3 Å². The van der Waals surface area contributed by atoms with Crippen molar-refractivity contribution in [2.75, 3.05) is 50.2 Å². The van der Waals surface area contributed by atoms with E-state index in [-0.39, 0.29) is 5.97 Å². The monoisotopic (exact) mass is 510 g/mol. The normalized spacial score (nSPS) is 13.2. The quantitative estimate of drug-likeness (QED) is 0.358. The molecule has 0 aromatic heterocycles. The highest BCUT2D eigenvalue weighted by Gasteiger charge is 2.20. The fraction of sp³-hybridized carbons (Fsp3) is 0.321. The average molecular weight is 511 g/mol. The lowest BCUT2D eigenvalue weighted by Crippen LogP contribution is -2.37. The van der Waals surface area contributed by atoms with Crippen molar-refractivity contribution in [1.82, 2.24) is 0 Å². The van der Waals surface area contributed by atoms with E-state index < -0.39 is 0 Å². The summed E-state index contributed by atoms with van der Waals surface area (Å²) >= 11 is 5.97. The molecular weight excluding hydrogens is 480 g/mol. The Labute approximate surface area is 216 Å². The lowest BCUT2D eigenvalue weighted by molar-refractivity contribution is 0.0600. The highest BCUT2D eigenvalue weighted by atomic mass is 35.5. The van der Waals surface area contributed by atoms with Gasteiger partial charge < -0.3 is 29.2 Å². The van der Waals surface area contributed by atoms with Crippen LogP contribution in [0.2, 0.25) is 5.02 Å². The minimum atomic E-state index is -0.360. The summed E-state index contributed by atoms with van der Waals surface area (Å²) in [6.45, 7) is 6.20. The Morgan fingerprint density at radius 2 is 1.72 bits per heavy atom. The van der Waals surface area contributed by atoms with E-state index in [0.29, 0.717) is 55.1 Å². The number of nitrogens with zero attached hydrogens (tertiary/aromatic N) is 1. The Morgan fingerprint density at radius 1 is 0.972 bits per heavy atom. The van der Waals surface area contributed by atoms with E-state index in [1.165, 1.54) is 7.11 Å². The number of carbonyl (C=O) groups is 1. The molecule has 36 heavy (non-hydrogen) atoms. The number of carbonyl (C=O) groups excluding carboxylic acids is 1. The number of hydrogen-bond donors (Lipinski definition) is 1. The molecule has 0 radical (unpaired) electrons. The van der Waals surface area contributed by atoms with Gasteiger partial charge in [-0.2, -0.15) is 0 Å². The lowest BCUT2D eigenvalue weighted by atomic mass is 10.1. The molecule has 1 fully saturated rings. The maximum absolute atomic E-state index is 12.5. The Morgan fingerprint density at radius 3 is 2.44 bits per heavy atom. The van der Waals surface area contributed by atoms with E-state index in [1.807, 2.05) is 67.6 Å². The number of benzene rings is 3. The number of rotatable bonds is 10. The summed E-state index contributed by atoms with van der Waals surface area (Å²) in [4.78, 5) is 14.6. The molecule has 0 atom stereocenters. The molecule has 3 aromatic carbocycles. The molecular formula is C28H31ClN2O5. The molecule has 4 rings (SSSR count). The molecule has 0 unspecified atom stereocenters. The second-order valence-corrected chi connectivity index (χ2v) is 8.74. The number of morpholine rings is 1. The molecule has 1 N–H and O–H groups in total. The minimum Gasteiger partial charge on any atom is -0.490 e. The highest BCUT2D eigenvalue weighted by Crippen LogP contribution is 2.31. The predicted molar refractivity (Wildman–Crippen MR) is 142 cm³/mol. The first-order valence-corrected chi connectivity index (χ1v) is 12.4. The number of ether oxygens (including phenoxy) is 4. The van der Waals surface area contributed by atoms with Crippen LogP contribution >= 0.6 is 11.6 Å². The Bertz CT molecular complexity index is 1160. The van der Waals surface area contributed by atoms with Crippen LogP contribution in [0.3, 0.4) is 0 Å². The van der Waals surface area contributed by atoms with Crippen LogP contribution < -0.4 is 19.7 Å². The van der Waals surface area contributed by atoms with Gasteiger partial charge in [0.05, 0.1) is 38.2 Å². The van der Waals surface area contributed by atoms with Crippen molar-refractivity contribution >= 4 is 28.9 Å². The van der Waals surface area contributed by atoms with Gasteiger partial charge in [-0.1, -0.05) is 29.8 Å². The minimum absolute atomic E-state index is 0.360. The molecule has 0 amide bonds. The van der Waals surface area contributed by atoms with Crippen LogP contribution in [0, 0.1) is 0 Å². The van der Waals surface area contributed by atoms with Crippen LogP contribution in [0.5, 0.6) is 11.5 Å². The Balaban J connectivity index is 1.45. The standard InChI is InChI=1S/C28H31ClN2O5/c1-3-35-27-16-21(6-11-26(27)36-19-20-4-7-22(29)8-5-20)18-30-23-9-10-25(24(17-23)28(32)33-2)31-12-14-34-15-13-31/h4-11,16-17,30H,3,12-15,18-19H2,1-2H3. The summed E-state index contributed by atoms with van der Waals surface area (Å²) in [5.74, 6) is 1.00. The van der Waals surface area contributed by atoms with Gasteiger partial charge >= 0.3 is 5.97 Å². The first-order chi connectivity index (χ1) is 17.6. The fourth-order valence-electron chi connectivity index (χ4n) is 4.00. The van der Waals surface area contributed by atoms with Crippen LogP contribution in [-0.2, 0) is 22.6 Å². The smallest absolute Gasteiger partial charge is 0.340 e. The Hall–Kier alpha value is -3.42. The molecule has 3 aromatic rings. The molecule has 1 aliphatic rings. The molecule has 0 saturated carbocycles. The van der Waals surface area contributed by atoms with Crippen molar-refractivity contribution in [3.05, 3.63) is 82.4 Å². The third-order valence-corrected chi connectivity index (χ3v) is 6.12. The van der Waals surface area contributed by atoms with E-state index in [1.54, 1.807) is 0 Å². The zero-order chi connectivity index (χ0) is 25.3. The van der Waals surface area contributed by atoms with Gasteiger partial charge in [-0.05, 0) is 60.5 Å². The predicted octanol–water partition coefficient (Wildman–Crippen LogP) is 5.55. The summed E-state index contributed by atoms with van der Waals surface area (Å²) in [6, 6.07) is 19.2. The van der Waals surface area contributed by atoms with Crippen LogP contribution in [0.25, 0.3) is 0 Å². The first kappa shape index (κ1) is 25.7. The maximum Gasteiger partial charge on any atom is 0.340 e. The van der Waals surface area contributed by atoms with Gasteiger partial charge in [0.1, 0.15) is 6.61 Å². The fourth-order valence-corrected chi connectivity index (χ4v) is 4.12. The third kappa shape index (κ3) is 6.62. The van der Waals surface area contributed by atoms with Gasteiger partial charge in [-0.25, -0.2) is 4.79 Å². The molecule has 0 aliphatic carbocycles. The second-order valence-electron chi connectivity index (χ2n) is 8.31. The van der Waals surface area contributed by atoms with Gasteiger partial charge in [0.2, 0.25) is 0 Å². The zero-order valence-corrected chi connectivity index (χ0v) is 21.3. The summed E-state index contributed by atoms with van der Waals surface area (Å²) in [5, 5.41) is 4.10. The number of hydrogen-bond acceptors (Lipinski definition) is 7. The second kappa shape index (κ2) is 12.5. The molecule has 0 spiro atoms. The zero-order valence-electron chi connectivity index (χ0n) is 20.6. The number of esters is 1. The lowest BCUT2D eigenvalue weighted by Gasteiger charge is -2.30. The first-order valence-electron chi connectivity index (χ1n) is 12.0. The maximum atomic E-state index is 12.5. The summed E-state index contributed by atoms with van der Waals surface area (Å²) < 4.78 is 22.3. The van der Waals surface area contributed by atoms with Crippen molar-refractivity contribution in [1.29, 1.82) is 0 Å². The van der Waals surface area contributed by atoms with Crippen LogP contribution in [0.1, 0.15) is 28.4 Å². The molecule has 1 aliphatic heterocycles. The Kier molecular flexibility index (Phi) is 8.92. The number of anilines is 2. The largest absolute Gasteiger partial charge is 0.490 e. The number of nitrogens with one attached hydrogen (secondary N) is 1. The number of methoxy groups -OCH3 is 1. The molecule has 1 saturated heterocycles. The molecule has 1 heterocycles. The summed E-state index contributed by atoms with van der Waals surface area (Å²) in [6.07, 6.45) is 0. The van der Waals surface area contributed by atoms with Crippen molar-refractivity contribution in [2.45, 2.75) is 20.1 Å². The van der Waals surface area contributed by atoms with E-state index in [2.05, 4.69) is 10.2 Å². The van der Waals surface area contributed by atoms with E-state index in [0.717, 1.165) is 35.6 Å². The highest BCUT2D eigenvalue weighted by molar-refractivity contribution is 6.30. The van der Waals surface area contributed by atoms with Gasteiger partial charge in [0.25, 0.3) is 0 Å². The van der Waals surface area contributed by atoms with Gasteiger partial charge in [-0.15, -0.1) is 0 Å². The van der Waals surface area contributed by atoms with E-state index >= 15 is 0 Å². The third-order valence-electron chi connectivity index (χ3n) is 5.87. The topological polar surface area (TPSA) is 69.3 Å². The van der Waals surface area contributed by atoms with Crippen LogP contribution in [0.4, 0.5) is 11.4 Å². The molecule has 8 heteroatoms. The van der Waals surface area contributed by atoms with Crippen molar-refractivity contribution < 1.29 is 23.7 Å². The summed E-state index contributed by atoms with van der Waals surface area (Å²) in [7, 11) is 1.40. The molecule has 190 valence electrons. The van der Waals surface area contributed by atoms with Crippen molar-refractivity contribution in [3.63, 3.8) is 0 Å². The van der Waals surface area contributed by atoms with Gasteiger partial charge in [-0.3, -0.25) is 0 Å². The number of halogens is 1. The van der Waals surface area contributed by atoms with E-state index in [9.17, 15) is 4.79 Å².